The van der Waals surface area contributed by atoms with Gasteiger partial charge in [0.1, 0.15) is 11.6 Å². The molecule has 0 saturated carbocycles. The number of aryl methyl sites for hydroxylation is 2. The minimum absolute atomic E-state index is 0. The molecular weight excluding hydrogens is 397 g/mol. The molecule has 28 heavy (non-hydrogen) atoms. The molecule has 1 aromatic heterocycles. The lowest BCUT2D eigenvalue weighted by atomic mass is 10.0. The molecule has 2 aromatic carbocycles. The molecule has 1 heterocycles. The zero-order valence-electron chi connectivity index (χ0n) is 16.5. The van der Waals surface area contributed by atoms with Crippen molar-refractivity contribution < 1.29 is 9.13 Å². The van der Waals surface area contributed by atoms with Gasteiger partial charge < -0.3 is 9.64 Å². The zero-order chi connectivity index (χ0) is 19.4. The monoisotopic (exact) mass is 421 g/mol. The molecule has 0 aliphatic carbocycles. The average molecular weight is 422 g/mol. The summed E-state index contributed by atoms with van der Waals surface area (Å²) in [6.07, 6.45) is 1.02. The third kappa shape index (κ3) is 5.50. The normalized spacial score (nSPS) is 10.8. The standard InChI is InChI=1S/C21H24FN3OS.ClH/c1-5-25(4)11-10-17-12-15(3)19(13-14(17)2)26-21-23-20(24-27-21)16-6-8-18(22)9-7-16;/h6-9,12-13H,5,10-11H2,1-4H3;1H. The lowest BCUT2D eigenvalue weighted by molar-refractivity contribution is 0.357. The second kappa shape index (κ2) is 9.96. The molecule has 7 heteroatoms. The quantitative estimate of drug-likeness (QED) is 0.492. The third-order valence-corrected chi connectivity index (χ3v) is 5.24. The molecule has 4 nitrogen and oxygen atoms in total. The highest BCUT2D eigenvalue weighted by atomic mass is 35.5. The van der Waals surface area contributed by atoms with Crippen LogP contribution in [-0.2, 0) is 6.42 Å². The topological polar surface area (TPSA) is 38.2 Å². The molecule has 0 amide bonds. The summed E-state index contributed by atoms with van der Waals surface area (Å²) in [6, 6.07) is 10.4. The first kappa shape index (κ1) is 22.3. The minimum atomic E-state index is -0.276. The number of rotatable bonds is 7. The van der Waals surface area contributed by atoms with Crippen molar-refractivity contribution in [2.24, 2.45) is 0 Å². The van der Waals surface area contributed by atoms with Gasteiger partial charge in [-0.05, 0) is 80.9 Å². The van der Waals surface area contributed by atoms with Gasteiger partial charge in [-0.15, -0.1) is 12.4 Å². The predicted octanol–water partition coefficient (Wildman–Crippen LogP) is 5.67. The fourth-order valence-corrected chi connectivity index (χ4v) is 3.32. The maximum Gasteiger partial charge on any atom is 0.299 e. The van der Waals surface area contributed by atoms with Crippen LogP contribution in [0.5, 0.6) is 10.9 Å². The van der Waals surface area contributed by atoms with Crippen molar-refractivity contribution >= 4 is 23.9 Å². The summed E-state index contributed by atoms with van der Waals surface area (Å²) >= 11 is 1.20. The van der Waals surface area contributed by atoms with Crippen molar-refractivity contribution in [1.82, 2.24) is 14.3 Å². The number of nitrogens with zero attached hydrogens (tertiary/aromatic N) is 3. The molecule has 0 atom stereocenters. The summed E-state index contributed by atoms with van der Waals surface area (Å²) in [5, 5.41) is 0.482. The van der Waals surface area contributed by atoms with Crippen molar-refractivity contribution in [2.45, 2.75) is 27.2 Å². The lowest BCUT2D eigenvalue weighted by Gasteiger charge is -2.16. The van der Waals surface area contributed by atoms with Crippen LogP contribution in [-0.4, -0.2) is 34.4 Å². The Morgan fingerprint density at radius 1 is 1.11 bits per heavy atom. The van der Waals surface area contributed by atoms with E-state index in [9.17, 15) is 4.39 Å². The van der Waals surface area contributed by atoms with Gasteiger partial charge in [-0.2, -0.15) is 9.36 Å². The Morgan fingerprint density at radius 2 is 1.82 bits per heavy atom. The van der Waals surface area contributed by atoms with Crippen LogP contribution < -0.4 is 4.74 Å². The van der Waals surface area contributed by atoms with Crippen molar-refractivity contribution in [1.29, 1.82) is 0 Å². The van der Waals surface area contributed by atoms with Crippen LogP contribution in [0.1, 0.15) is 23.6 Å². The van der Waals surface area contributed by atoms with E-state index in [0.717, 1.165) is 36.4 Å². The summed E-state index contributed by atoms with van der Waals surface area (Å²) in [6.45, 7) is 8.40. The second-order valence-electron chi connectivity index (χ2n) is 6.68. The number of benzene rings is 2. The van der Waals surface area contributed by atoms with Crippen LogP contribution in [0, 0.1) is 19.7 Å². The molecule has 0 aliphatic rings. The fraction of sp³-hybridized carbons (Fsp3) is 0.333. The predicted molar refractivity (Wildman–Crippen MR) is 115 cm³/mol. The third-order valence-electron chi connectivity index (χ3n) is 4.64. The minimum Gasteiger partial charge on any atom is -0.430 e. The SMILES string of the molecule is CCN(C)CCc1cc(C)c(Oc2nc(-c3ccc(F)cc3)ns2)cc1C.Cl. The Hall–Kier alpha value is -2.02. The zero-order valence-corrected chi connectivity index (χ0v) is 18.2. The molecule has 150 valence electrons. The number of hydrogen-bond acceptors (Lipinski definition) is 5. The summed E-state index contributed by atoms with van der Waals surface area (Å²) < 4.78 is 23.4. The van der Waals surface area contributed by atoms with Gasteiger partial charge in [-0.25, -0.2) is 4.39 Å². The molecule has 0 aliphatic heterocycles. The molecule has 3 aromatic rings. The molecule has 0 bridgehead atoms. The van der Waals surface area contributed by atoms with E-state index in [2.05, 4.69) is 47.3 Å². The van der Waals surface area contributed by atoms with E-state index in [0.29, 0.717) is 11.0 Å². The first-order valence-electron chi connectivity index (χ1n) is 9.02. The summed E-state index contributed by atoms with van der Waals surface area (Å²) in [4.78, 5) is 6.73. The van der Waals surface area contributed by atoms with Gasteiger partial charge in [0.25, 0.3) is 5.19 Å². The van der Waals surface area contributed by atoms with E-state index in [4.69, 9.17) is 4.74 Å². The van der Waals surface area contributed by atoms with Crippen LogP contribution in [0.4, 0.5) is 4.39 Å². The molecule has 0 fully saturated rings. The van der Waals surface area contributed by atoms with E-state index < -0.39 is 0 Å². The molecule has 0 unspecified atom stereocenters. The molecule has 0 N–H and O–H groups in total. The van der Waals surface area contributed by atoms with Gasteiger partial charge >= 0.3 is 0 Å². The van der Waals surface area contributed by atoms with Crippen molar-refractivity contribution in [3.63, 3.8) is 0 Å². The lowest BCUT2D eigenvalue weighted by Crippen LogP contribution is -2.20. The molecule has 0 spiro atoms. The average Bonchev–Trinajstić information content (AvgIpc) is 3.12. The Kier molecular flexibility index (Phi) is 7.92. The van der Waals surface area contributed by atoms with Gasteiger partial charge in [0.2, 0.25) is 0 Å². The van der Waals surface area contributed by atoms with Gasteiger partial charge in [-0.1, -0.05) is 13.0 Å². The fourth-order valence-electron chi connectivity index (χ4n) is 2.76. The van der Waals surface area contributed by atoms with Gasteiger partial charge in [-0.3, -0.25) is 0 Å². The van der Waals surface area contributed by atoms with E-state index in [1.807, 2.05) is 6.92 Å². The summed E-state index contributed by atoms with van der Waals surface area (Å²) in [5.74, 6) is 1.06. The molecule has 0 radical (unpaired) electrons. The molecule has 3 rings (SSSR count). The van der Waals surface area contributed by atoms with Crippen molar-refractivity contribution in [3.8, 4) is 22.3 Å². The Labute approximate surface area is 176 Å². The Balaban J connectivity index is 0.00000280. The van der Waals surface area contributed by atoms with Crippen molar-refractivity contribution in [3.05, 3.63) is 58.9 Å². The summed E-state index contributed by atoms with van der Waals surface area (Å²) in [5.41, 5.74) is 4.40. The van der Waals surface area contributed by atoms with E-state index in [1.165, 1.54) is 34.8 Å². The maximum absolute atomic E-state index is 13.1. The highest BCUT2D eigenvalue weighted by molar-refractivity contribution is 7.07. The van der Waals surface area contributed by atoms with Gasteiger partial charge in [0.05, 0.1) is 0 Å². The molecule has 0 saturated heterocycles. The van der Waals surface area contributed by atoms with Gasteiger partial charge in [0, 0.05) is 23.6 Å². The number of hydrogen-bond donors (Lipinski definition) is 0. The number of likely N-dealkylation sites (N-methyl/N-ethyl adjacent to an activating group) is 1. The van der Waals surface area contributed by atoms with Crippen LogP contribution in [0.2, 0.25) is 0 Å². The van der Waals surface area contributed by atoms with Crippen LogP contribution >= 0.6 is 23.9 Å². The maximum atomic E-state index is 13.1. The van der Waals surface area contributed by atoms with E-state index >= 15 is 0 Å². The molecular formula is C21H25ClFN3OS. The smallest absolute Gasteiger partial charge is 0.299 e. The highest BCUT2D eigenvalue weighted by Crippen LogP contribution is 2.31. The largest absolute Gasteiger partial charge is 0.430 e. The van der Waals surface area contributed by atoms with Crippen LogP contribution in [0.15, 0.2) is 36.4 Å². The van der Waals surface area contributed by atoms with Gasteiger partial charge in [0.15, 0.2) is 5.82 Å². The van der Waals surface area contributed by atoms with Crippen LogP contribution in [0.25, 0.3) is 11.4 Å². The first-order chi connectivity index (χ1) is 13.0. The second-order valence-corrected chi connectivity index (χ2v) is 7.40. The Morgan fingerprint density at radius 3 is 2.50 bits per heavy atom. The number of halogens is 2. The Bertz CT molecular complexity index is 915. The van der Waals surface area contributed by atoms with Crippen molar-refractivity contribution in [2.75, 3.05) is 20.1 Å². The number of aromatic nitrogens is 2. The van der Waals surface area contributed by atoms with Crippen LogP contribution in [0.3, 0.4) is 0 Å². The highest BCUT2D eigenvalue weighted by Gasteiger charge is 2.12. The number of ether oxygens (including phenoxy) is 1. The van der Waals surface area contributed by atoms with E-state index in [-0.39, 0.29) is 18.2 Å². The summed E-state index contributed by atoms with van der Waals surface area (Å²) in [7, 11) is 2.13. The first-order valence-corrected chi connectivity index (χ1v) is 9.79. The van der Waals surface area contributed by atoms with E-state index in [1.54, 1.807) is 12.1 Å².